The highest BCUT2D eigenvalue weighted by molar-refractivity contribution is 7.93. The Balaban J connectivity index is 1.81. The van der Waals surface area contributed by atoms with Crippen LogP contribution in [0.2, 0.25) is 0 Å². The summed E-state index contributed by atoms with van der Waals surface area (Å²) in [6, 6.07) is 5.21. The molecule has 1 fully saturated rings. The molecule has 39 heavy (non-hydrogen) atoms. The minimum atomic E-state index is -4.89. The zero-order valence-electron chi connectivity index (χ0n) is 20.7. The summed E-state index contributed by atoms with van der Waals surface area (Å²) in [4.78, 5) is 13.9. The number of rotatable bonds is 9. The van der Waals surface area contributed by atoms with Crippen molar-refractivity contribution in [1.82, 2.24) is 4.98 Å². The van der Waals surface area contributed by atoms with Crippen molar-refractivity contribution in [3.63, 3.8) is 0 Å². The number of ether oxygens (including phenoxy) is 3. The molecule has 2 aromatic rings. The van der Waals surface area contributed by atoms with Crippen molar-refractivity contribution >= 4 is 27.8 Å². The van der Waals surface area contributed by atoms with Gasteiger partial charge in [0.15, 0.2) is 4.90 Å². The molecule has 1 aromatic carbocycles. The van der Waals surface area contributed by atoms with Gasteiger partial charge in [-0.05, 0) is 48.6 Å². The SMILES string of the molecule is O=C(O)CCC1CN(S(=O)(=O)c2cc(C(F)(F)F)cnc2OCCO)c2cc(C=C3CCCOC3)ccc2O1. The second kappa shape index (κ2) is 11.8. The van der Waals surface area contributed by atoms with Gasteiger partial charge in [-0.25, -0.2) is 13.4 Å². The van der Waals surface area contributed by atoms with E-state index in [-0.39, 0.29) is 30.8 Å². The Morgan fingerprint density at radius 1 is 1.28 bits per heavy atom. The number of carboxylic acids is 1. The summed E-state index contributed by atoms with van der Waals surface area (Å²) in [5.41, 5.74) is 0.386. The number of aliphatic hydroxyl groups excluding tert-OH is 1. The predicted octanol–water partition coefficient (Wildman–Crippen LogP) is 3.49. The average molecular weight is 573 g/mol. The second-order valence-electron chi connectivity index (χ2n) is 8.99. The molecular weight excluding hydrogens is 545 g/mol. The molecule has 1 aromatic heterocycles. The van der Waals surface area contributed by atoms with E-state index in [1.807, 2.05) is 6.08 Å². The molecule has 1 unspecified atom stereocenters. The van der Waals surface area contributed by atoms with Gasteiger partial charge in [-0.3, -0.25) is 9.10 Å². The Labute approximate surface area is 222 Å². The van der Waals surface area contributed by atoms with Crippen LogP contribution in [0.15, 0.2) is 40.9 Å². The smallest absolute Gasteiger partial charge is 0.417 e. The number of alkyl halides is 3. The zero-order chi connectivity index (χ0) is 28.2. The van der Waals surface area contributed by atoms with Gasteiger partial charge in [0.25, 0.3) is 10.0 Å². The van der Waals surface area contributed by atoms with Crippen LogP contribution in [-0.4, -0.2) is 68.7 Å². The number of aromatic nitrogens is 1. The number of sulfonamides is 1. The number of hydrogen-bond donors (Lipinski definition) is 2. The molecule has 2 aliphatic rings. The highest BCUT2D eigenvalue weighted by Gasteiger charge is 2.39. The summed E-state index contributed by atoms with van der Waals surface area (Å²) in [5.74, 6) is -1.60. The van der Waals surface area contributed by atoms with Crippen LogP contribution in [0.3, 0.4) is 0 Å². The maximum atomic E-state index is 14.0. The maximum absolute atomic E-state index is 14.0. The van der Waals surface area contributed by atoms with Crippen LogP contribution in [0.25, 0.3) is 6.08 Å². The summed E-state index contributed by atoms with van der Waals surface area (Å²) in [6.45, 7) is -0.218. The Morgan fingerprint density at radius 3 is 2.74 bits per heavy atom. The van der Waals surface area contributed by atoms with E-state index >= 15 is 0 Å². The van der Waals surface area contributed by atoms with Crippen molar-refractivity contribution in [2.45, 2.75) is 42.9 Å². The molecule has 0 amide bonds. The Morgan fingerprint density at radius 2 is 2.08 bits per heavy atom. The number of hydrogen-bond acceptors (Lipinski definition) is 8. The van der Waals surface area contributed by atoms with Gasteiger partial charge in [-0.2, -0.15) is 13.2 Å². The molecule has 0 aliphatic carbocycles. The van der Waals surface area contributed by atoms with Crippen LogP contribution in [0, 0.1) is 0 Å². The topological polar surface area (TPSA) is 135 Å². The third-order valence-electron chi connectivity index (χ3n) is 6.08. The fraction of sp³-hybridized carbons (Fsp3) is 0.440. The van der Waals surface area contributed by atoms with E-state index in [0.717, 1.165) is 22.7 Å². The van der Waals surface area contributed by atoms with Gasteiger partial charge in [0.1, 0.15) is 18.5 Å². The van der Waals surface area contributed by atoms with Crippen LogP contribution >= 0.6 is 0 Å². The van der Waals surface area contributed by atoms with Crippen molar-refractivity contribution < 1.29 is 50.8 Å². The number of benzene rings is 1. The quantitative estimate of drug-likeness (QED) is 0.463. The first-order valence-corrected chi connectivity index (χ1v) is 13.6. The minimum Gasteiger partial charge on any atom is -0.486 e. The number of carbonyl (C=O) groups is 1. The molecule has 212 valence electrons. The number of nitrogens with zero attached hydrogens (tertiary/aromatic N) is 2. The number of pyridine rings is 1. The molecule has 0 radical (unpaired) electrons. The Bertz CT molecular complexity index is 1340. The zero-order valence-corrected chi connectivity index (χ0v) is 21.5. The number of halogens is 3. The molecule has 2 aliphatic heterocycles. The fourth-order valence-corrected chi connectivity index (χ4v) is 5.86. The highest BCUT2D eigenvalue weighted by Crippen LogP contribution is 2.41. The molecule has 0 saturated carbocycles. The number of aliphatic carboxylic acids is 1. The van der Waals surface area contributed by atoms with Gasteiger partial charge >= 0.3 is 12.1 Å². The number of aliphatic hydroxyl groups is 1. The first-order valence-electron chi connectivity index (χ1n) is 12.1. The Hall–Kier alpha value is -3.36. The van der Waals surface area contributed by atoms with E-state index in [1.54, 1.807) is 6.07 Å². The van der Waals surface area contributed by atoms with Crippen LogP contribution in [-0.2, 0) is 25.7 Å². The molecule has 14 heteroatoms. The summed E-state index contributed by atoms with van der Waals surface area (Å²) in [6.07, 6.45) is -2.19. The van der Waals surface area contributed by atoms with Crippen molar-refractivity contribution in [3.05, 3.63) is 47.2 Å². The van der Waals surface area contributed by atoms with Crippen molar-refractivity contribution in [1.29, 1.82) is 0 Å². The lowest BCUT2D eigenvalue weighted by molar-refractivity contribution is -0.138. The highest BCUT2D eigenvalue weighted by atomic mass is 32.2. The van der Waals surface area contributed by atoms with Gasteiger partial charge in [0.05, 0.1) is 31.0 Å². The van der Waals surface area contributed by atoms with E-state index < -0.39 is 57.8 Å². The van der Waals surface area contributed by atoms with Crippen LogP contribution in [0.4, 0.5) is 18.9 Å². The molecule has 0 spiro atoms. The lowest BCUT2D eigenvalue weighted by Crippen LogP contribution is -2.44. The lowest BCUT2D eigenvalue weighted by Gasteiger charge is -2.36. The minimum absolute atomic E-state index is 0.0430. The van der Waals surface area contributed by atoms with E-state index in [0.29, 0.717) is 31.0 Å². The first-order chi connectivity index (χ1) is 18.5. The van der Waals surface area contributed by atoms with Gasteiger partial charge in [-0.1, -0.05) is 12.1 Å². The van der Waals surface area contributed by atoms with Crippen molar-refractivity contribution in [2.24, 2.45) is 0 Å². The van der Waals surface area contributed by atoms with Gasteiger partial charge < -0.3 is 24.4 Å². The monoisotopic (exact) mass is 572 g/mol. The van der Waals surface area contributed by atoms with E-state index in [2.05, 4.69) is 4.98 Å². The summed E-state index contributed by atoms with van der Waals surface area (Å²) >= 11 is 0. The summed E-state index contributed by atoms with van der Waals surface area (Å²) < 4.78 is 85.9. The Kier molecular flexibility index (Phi) is 8.67. The molecule has 2 N–H and O–H groups in total. The lowest BCUT2D eigenvalue weighted by atomic mass is 10.0. The van der Waals surface area contributed by atoms with Gasteiger partial charge in [-0.15, -0.1) is 0 Å². The van der Waals surface area contributed by atoms with Crippen LogP contribution in [0.1, 0.15) is 36.8 Å². The van der Waals surface area contributed by atoms with Crippen LogP contribution in [0.5, 0.6) is 11.6 Å². The number of carboxylic acid groups (broad SMARTS) is 1. The molecule has 4 rings (SSSR count). The molecule has 1 saturated heterocycles. The first kappa shape index (κ1) is 28.6. The van der Waals surface area contributed by atoms with E-state index in [9.17, 15) is 26.4 Å². The van der Waals surface area contributed by atoms with Crippen LogP contribution < -0.4 is 13.8 Å². The largest absolute Gasteiger partial charge is 0.486 e. The third kappa shape index (κ3) is 6.81. The second-order valence-corrected chi connectivity index (χ2v) is 10.8. The third-order valence-corrected chi connectivity index (χ3v) is 7.86. The average Bonchev–Trinajstić information content (AvgIpc) is 2.90. The standard InChI is InChI=1S/C25H27F3N2O8S/c26-25(27,28)18-12-22(24(29-13-18)37-9-7-31)39(34,35)30-14-19(4-6-23(32)33)38-21-5-3-16(11-20(21)30)10-17-2-1-8-36-15-17/h3,5,10-13,19,31H,1-2,4,6-9,14-15H2,(H,32,33). The molecule has 10 nitrogen and oxygen atoms in total. The van der Waals surface area contributed by atoms with Gasteiger partial charge in [0, 0.05) is 19.2 Å². The summed E-state index contributed by atoms with van der Waals surface area (Å²) in [5, 5.41) is 18.2. The van der Waals surface area contributed by atoms with Gasteiger partial charge in [0.2, 0.25) is 5.88 Å². The molecule has 3 heterocycles. The van der Waals surface area contributed by atoms with Crippen molar-refractivity contribution in [3.8, 4) is 11.6 Å². The number of anilines is 1. The summed E-state index contributed by atoms with van der Waals surface area (Å²) in [7, 11) is -4.75. The molecular formula is C25H27F3N2O8S. The normalized spacial score (nSPS) is 18.9. The van der Waals surface area contributed by atoms with E-state index in [1.165, 1.54) is 12.1 Å². The predicted molar refractivity (Wildman–Crippen MR) is 132 cm³/mol. The maximum Gasteiger partial charge on any atom is 0.417 e. The fourth-order valence-electron chi connectivity index (χ4n) is 4.25. The molecule has 0 bridgehead atoms. The molecule has 1 atom stereocenters. The number of fused-ring (bicyclic) bond motifs is 1. The van der Waals surface area contributed by atoms with E-state index in [4.69, 9.17) is 24.4 Å². The van der Waals surface area contributed by atoms with Crippen molar-refractivity contribution in [2.75, 3.05) is 37.3 Å².